The number of carbonyl (C=O) groups excluding carboxylic acids is 1. The monoisotopic (exact) mass is 263 g/mol. The number of aromatic hydroxyl groups is 1. The zero-order chi connectivity index (χ0) is 14.0. The van der Waals surface area contributed by atoms with Gasteiger partial charge < -0.3 is 14.9 Å². The molecule has 0 bridgehead atoms. The number of nitrogens with zero attached hydrogens (tertiary/aromatic N) is 2. The third kappa shape index (κ3) is 2.51. The van der Waals surface area contributed by atoms with E-state index in [1.807, 2.05) is 0 Å². The highest BCUT2D eigenvalue weighted by atomic mass is 16.6. The van der Waals surface area contributed by atoms with E-state index in [4.69, 9.17) is 0 Å². The van der Waals surface area contributed by atoms with Crippen molar-refractivity contribution in [2.24, 2.45) is 0 Å². The van der Waals surface area contributed by atoms with E-state index >= 15 is 0 Å². The van der Waals surface area contributed by atoms with Crippen molar-refractivity contribution in [1.82, 2.24) is 5.16 Å². The van der Waals surface area contributed by atoms with Crippen LogP contribution in [0.15, 0.2) is 28.8 Å². The van der Waals surface area contributed by atoms with Gasteiger partial charge in [-0.3, -0.25) is 14.9 Å². The number of anilines is 1. The summed E-state index contributed by atoms with van der Waals surface area (Å²) in [7, 11) is 0. The van der Waals surface area contributed by atoms with E-state index in [2.05, 4.69) is 15.0 Å². The Hall–Kier alpha value is -2.90. The fourth-order valence-electron chi connectivity index (χ4n) is 1.51. The molecule has 8 heteroatoms. The van der Waals surface area contributed by atoms with Gasteiger partial charge in [-0.15, -0.1) is 0 Å². The zero-order valence-corrected chi connectivity index (χ0v) is 9.78. The van der Waals surface area contributed by atoms with Gasteiger partial charge >= 0.3 is 5.69 Å². The Balaban J connectivity index is 2.28. The Morgan fingerprint density at radius 2 is 2.26 bits per heavy atom. The molecule has 1 amide bonds. The van der Waals surface area contributed by atoms with Crippen LogP contribution in [0.5, 0.6) is 5.75 Å². The van der Waals surface area contributed by atoms with Crippen LogP contribution in [0, 0.1) is 17.0 Å². The second-order valence-corrected chi connectivity index (χ2v) is 3.70. The minimum atomic E-state index is -0.783. The Morgan fingerprint density at radius 3 is 2.89 bits per heavy atom. The minimum Gasteiger partial charge on any atom is -0.508 e. The topological polar surface area (TPSA) is 118 Å². The van der Waals surface area contributed by atoms with E-state index in [-0.39, 0.29) is 11.5 Å². The molecule has 1 aromatic heterocycles. The van der Waals surface area contributed by atoms with Gasteiger partial charge in [0.2, 0.25) is 11.5 Å². The Bertz CT molecular complexity index is 650. The zero-order valence-electron chi connectivity index (χ0n) is 9.78. The quantitative estimate of drug-likeness (QED) is 0.644. The molecule has 0 aliphatic carbocycles. The summed E-state index contributed by atoms with van der Waals surface area (Å²) in [6.07, 6.45) is 0. The molecule has 8 nitrogen and oxygen atoms in total. The minimum absolute atomic E-state index is 0.0383. The van der Waals surface area contributed by atoms with Crippen molar-refractivity contribution in [2.45, 2.75) is 6.92 Å². The van der Waals surface area contributed by atoms with Gasteiger partial charge in [-0.25, -0.2) is 0 Å². The normalized spacial score (nSPS) is 10.2. The lowest BCUT2D eigenvalue weighted by Gasteiger charge is -2.02. The molecule has 98 valence electrons. The Morgan fingerprint density at radius 1 is 1.53 bits per heavy atom. The molecule has 1 heterocycles. The average molecular weight is 263 g/mol. The first-order valence-corrected chi connectivity index (χ1v) is 5.20. The largest absolute Gasteiger partial charge is 0.508 e. The predicted octanol–water partition coefficient (Wildman–Crippen LogP) is 1.85. The molecule has 2 aromatic rings. The SMILES string of the molecule is Cc1onc(C(=O)Nc2cccc(O)c2)c1[N+](=O)[O-]. The summed E-state index contributed by atoms with van der Waals surface area (Å²) in [5.41, 5.74) is -0.594. The first-order valence-electron chi connectivity index (χ1n) is 5.20. The van der Waals surface area contributed by atoms with Gasteiger partial charge in [-0.05, 0) is 12.1 Å². The predicted molar refractivity (Wildman–Crippen MR) is 64.0 cm³/mol. The van der Waals surface area contributed by atoms with Crippen molar-refractivity contribution in [3.05, 3.63) is 45.8 Å². The van der Waals surface area contributed by atoms with E-state index in [0.29, 0.717) is 5.69 Å². The summed E-state index contributed by atoms with van der Waals surface area (Å²) in [4.78, 5) is 21.9. The molecule has 19 heavy (non-hydrogen) atoms. The number of aryl methyl sites for hydroxylation is 1. The molecule has 0 radical (unpaired) electrons. The highest BCUT2D eigenvalue weighted by molar-refractivity contribution is 6.05. The van der Waals surface area contributed by atoms with Crippen molar-refractivity contribution in [1.29, 1.82) is 0 Å². The van der Waals surface area contributed by atoms with Crippen LogP contribution in [0.3, 0.4) is 0 Å². The fraction of sp³-hybridized carbons (Fsp3) is 0.0909. The van der Waals surface area contributed by atoms with Gasteiger partial charge in [0.25, 0.3) is 5.91 Å². The van der Waals surface area contributed by atoms with Gasteiger partial charge in [-0.1, -0.05) is 11.2 Å². The van der Waals surface area contributed by atoms with Gasteiger partial charge in [0, 0.05) is 18.7 Å². The Labute approximate surface area is 106 Å². The summed E-state index contributed by atoms with van der Waals surface area (Å²) < 4.78 is 4.64. The van der Waals surface area contributed by atoms with Crippen molar-refractivity contribution in [3.63, 3.8) is 0 Å². The van der Waals surface area contributed by atoms with Gasteiger partial charge in [-0.2, -0.15) is 0 Å². The van der Waals surface area contributed by atoms with Crippen LogP contribution in [0.4, 0.5) is 11.4 Å². The summed E-state index contributed by atoms with van der Waals surface area (Å²) in [5.74, 6) is -0.871. The van der Waals surface area contributed by atoms with Crippen LogP contribution < -0.4 is 5.32 Å². The van der Waals surface area contributed by atoms with Crippen LogP contribution in [0.25, 0.3) is 0 Å². The number of phenols is 1. The molecule has 0 fully saturated rings. The van der Waals surface area contributed by atoms with Crippen LogP contribution in [0.2, 0.25) is 0 Å². The first-order chi connectivity index (χ1) is 8.99. The highest BCUT2D eigenvalue weighted by Gasteiger charge is 2.29. The molecule has 2 N–H and O–H groups in total. The van der Waals surface area contributed by atoms with Crippen LogP contribution in [-0.4, -0.2) is 21.1 Å². The first kappa shape index (κ1) is 12.6. The molecule has 0 atom stereocenters. The maximum Gasteiger partial charge on any atom is 0.344 e. The number of aromatic nitrogens is 1. The van der Waals surface area contributed by atoms with E-state index in [1.165, 1.54) is 31.2 Å². The number of nitro groups is 1. The molecular weight excluding hydrogens is 254 g/mol. The molecule has 2 rings (SSSR count). The number of benzene rings is 1. The number of hydrogen-bond donors (Lipinski definition) is 2. The summed E-state index contributed by atoms with van der Waals surface area (Å²) >= 11 is 0. The number of hydrogen-bond acceptors (Lipinski definition) is 6. The van der Waals surface area contributed by atoms with Crippen molar-refractivity contribution in [3.8, 4) is 5.75 Å². The summed E-state index contributed by atoms with van der Waals surface area (Å²) in [6, 6.07) is 5.78. The van der Waals surface area contributed by atoms with Crippen LogP contribution >= 0.6 is 0 Å². The standard InChI is InChI=1S/C11H9N3O5/c1-6-10(14(17)18)9(13-19-6)11(16)12-7-3-2-4-8(15)5-7/h2-5,15H,1H3,(H,12,16). The van der Waals surface area contributed by atoms with Gasteiger partial charge in [0.1, 0.15) is 5.75 Å². The molecule has 0 spiro atoms. The number of rotatable bonds is 3. The molecular formula is C11H9N3O5. The molecule has 0 unspecified atom stereocenters. The Kier molecular flexibility index (Phi) is 3.15. The maximum absolute atomic E-state index is 11.8. The molecule has 0 aliphatic rings. The van der Waals surface area contributed by atoms with Gasteiger partial charge in [0.15, 0.2) is 0 Å². The van der Waals surface area contributed by atoms with Crippen molar-refractivity contribution < 1.29 is 19.3 Å². The lowest BCUT2D eigenvalue weighted by Crippen LogP contribution is -2.14. The lowest BCUT2D eigenvalue weighted by atomic mass is 10.2. The summed E-state index contributed by atoms with van der Waals surface area (Å²) in [6.45, 7) is 1.34. The number of carbonyl (C=O) groups is 1. The smallest absolute Gasteiger partial charge is 0.344 e. The third-order valence-corrected chi connectivity index (χ3v) is 2.33. The van der Waals surface area contributed by atoms with Crippen LogP contribution in [0.1, 0.15) is 16.2 Å². The van der Waals surface area contributed by atoms with Crippen LogP contribution in [-0.2, 0) is 0 Å². The maximum atomic E-state index is 11.8. The number of phenolic OH excluding ortho intramolecular Hbond substituents is 1. The average Bonchev–Trinajstić information content (AvgIpc) is 2.71. The lowest BCUT2D eigenvalue weighted by molar-refractivity contribution is -0.386. The third-order valence-electron chi connectivity index (χ3n) is 2.33. The number of nitrogens with one attached hydrogen (secondary N) is 1. The van der Waals surface area contributed by atoms with Crippen molar-refractivity contribution >= 4 is 17.3 Å². The summed E-state index contributed by atoms with van der Waals surface area (Å²) in [5, 5.41) is 25.8. The highest BCUT2D eigenvalue weighted by Crippen LogP contribution is 2.24. The van der Waals surface area contributed by atoms with E-state index in [9.17, 15) is 20.0 Å². The fourth-order valence-corrected chi connectivity index (χ4v) is 1.51. The molecule has 1 aromatic carbocycles. The van der Waals surface area contributed by atoms with E-state index in [0.717, 1.165) is 0 Å². The number of amides is 1. The van der Waals surface area contributed by atoms with E-state index in [1.54, 1.807) is 0 Å². The van der Waals surface area contributed by atoms with Crippen molar-refractivity contribution in [2.75, 3.05) is 5.32 Å². The van der Waals surface area contributed by atoms with E-state index < -0.39 is 22.2 Å². The second-order valence-electron chi connectivity index (χ2n) is 3.70. The van der Waals surface area contributed by atoms with Gasteiger partial charge in [0.05, 0.1) is 4.92 Å². The molecule has 0 saturated carbocycles. The second kappa shape index (κ2) is 4.77. The molecule has 0 aliphatic heterocycles. The molecule has 0 saturated heterocycles.